The highest BCUT2D eigenvalue weighted by Gasteiger charge is 2.06. The van der Waals surface area contributed by atoms with Crippen LogP contribution >= 0.6 is 15.9 Å². The van der Waals surface area contributed by atoms with Gasteiger partial charge in [0.1, 0.15) is 5.75 Å². The van der Waals surface area contributed by atoms with Crippen molar-refractivity contribution in [1.82, 2.24) is 5.32 Å². The lowest BCUT2D eigenvalue weighted by molar-refractivity contribution is -0.118. The Hall–Kier alpha value is -1.55. The zero-order valence-electron chi connectivity index (χ0n) is 12.4. The van der Waals surface area contributed by atoms with Crippen molar-refractivity contribution in [2.75, 3.05) is 19.0 Å². The molecule has 0 spiro atoms. The first-order valence-corrected chi connectivity index (χ1v) is 8.16. The number of fused-ring (bicyclic) bond motifs is 1. The lowest BCUT2D eigenvalue weighted by atomic mass is 9.97. The molecule has 4 heteroatoms. The van der Waals surface area contributed by atoms with Crippen LogP contribution in [-0.2, 0) is 17.6 Å². The topological polar surface area (TPSA) is 38.3 Å². The number of methoxy groups -OCH3 is 1. The van der Waals surface area contributed by atoms with E-state index in [1.807, 2.05) is 6.07 Å². The third kappa shape index (κ3) is 4.21. The van der Waals surface area contributed by atoms with Gasteiger partial charge in [0.2, 0.25) is 5.91 Å². The van der Waals surface area contributed by atoms with Crippen LogP contribution in [0.1, 0.15) is 18.1 Å². The number of benzene rings is 2. The van der Waals surface area contributed by atoms with Crippen LogP contribution in [-0.4, -0.2) is 24.9 Å². The van der Waals surface area contributed by atoms with E-state index in [2.05, 4.69) is 45.5 Å². The number of amides is 1. The number of carbonyl (C=O) groups excluding carboxylic acids is 1. The van der Waals surface area contributed by atoms with Crippen molar-refractivity contribution in [2.45, 2.75) is 19.8 Å². The van der Waals surface area contributed by atoms with Crippen LogP contribution in [0.15, 0.2) is 30.3 Å². The summed E-state index contributed by atoms with van der Waals surface area (Å²) in [6.07, 6.45) is 1.81. The van der Waals surface area contributed by atoms with E-state index in [0.717, 1.165) is 23.9 Å². The van der Waals surface area contributed by atoms with Crippen molar-refractivity contribution >= 4 is 32.6 Å². The van der Waals surface area contributed by atoms with Gasteiger partial charge in [-0.05, 0) is 46.9 Å². The molecule has 1 amide bonds. The maximum atomic E-state index is 11.0. The minimum Gasteiger partial charge on any atom is -0.497 e. The Kier molecular flexibility index (Phi) is 5.62. The maximum Gasteiger partial charge on any atom is 0.216 e. The Labute approximate surface area is 133 Å². The number of hydrogen-bond acceptors (Lipinski definition) is 2. The SMILES string of the molecule is COc1ccc2cc(CCBr)cc(CCNC(C)=O)c2c1. The van der Waals surface area contributed by atoms with E-state index in [4.69, 9.17) is 4.74 Å². The molecule has 0 aliphatic heterocycles. The Morgan fingerprint density at radius 1 is 1.24 bits per heavy atom. The molecule has 0 radical (unpaired) electrons. The van der Waals surface area contributed by atoms with Gasteiger partial charge in [-0.2, -0.15) is 0 Å². The second-order valence-electron chi connectivity index (χ2n) is 5.01. The lowest BCUT2D eigenvalue weighted by Crippen LogP contribution is -2.22. The summed E-state index contributed by atoms with van der Waals surface area (Å²) in [6.45, 7) is 2.20. The summed E-state index contributed by atoms with van der Waals surface area (Å²) < 4.78 is 5.32. The second-order valence-corrected chi connectivity index (χ2v) is 5.81. The normalized spacial score (nSPS) is 10.6. The average molecular weight is 350 g/mol. The van der Waals surface area contributed by atoms with E-state index < -0.39 is 0 Å². The number of alkyl halides is 1. The van der Waals surface area contributed by atoms with Gasteiger partial charge in [-0.15, -0.1) is 0 Å². The Morgan fingerprint density at radius 2 is 2.05 bits per heavy atom. The fourth-order valence-corrected chi connectivity index (χ4v) is 2.90. The molecule has 0 bridgehead atoms. The van der Waals surface area contributed by atoms with Crippen LogP contribution in [0.4, 0.5) is 0 Å². The molecule has 1 N–H and O–H groups in total. The number of hydrogen-bond donors (Lipinski definition) is 1. The summed E-state index contributed by atoms with van der Waals surface area (Å²) in [4.78, 5) is 11.0. The van der Waals surface area contributed by atoms with Crippen molar-refractivity contribution in [3.63, 3.8) is 0 Å². The molecule has 0 saturated heterocycles. The molecule has 0 aliphatic carbocycles. The van der Waals surface area contributed by atoms with Crippen LogP contribution in [0.2, 0.25) is 0 Å². The third-order valence-electron chi connectivity index (χ3n) is 3.46. The zero-order valence-corrected chi connectivity index (χ0v) is 14.0. The molecule has 0 aromatic heterocycles. The number of ether oxygens (including phenoxy) is 1. The first-order chi connectivity index (χ1) is 10.1. The van der Waals surface area contributed by atoms with Crippen LogP contribution in [0.25, 0.3) is 10.8 Å². The van der Waals surface area contributed by atoms with Gasteiger partial charge in [0, 0.05) is 18.8 Å². The lowest BCUT2D eigenvalue weighted by Gasteiger charge is -2.12. The molecular formula is C17H20BrNO2. The van der Waals surface area contributed by atoms with Crippen molar-refractivity contribution in [1.29, 1.82) is 0 Å². The van der Waals surface area contributed by atoms with Crippen LogP contribution in [0.5, 0.6) is 5.75 Å². The van der Waals surface area contributed by atoms with Gasteiger partial charge in [0.15, 0.2) is 0 Å². The van der Waals surface area contributed by atoms with E-state index in [-0.39, 0.29) is 5.91 Å². The summed E-state index contributed by atoms with van der Waals surface area (Å²) in [7, 11) is 1.68. The average Bonchev–Trinajstić information content (AvgIpc) is 2.46. The highest BCUT2D eigenvalue weighted by molar-refractivity contribution is 9.09. The molecule has 21 heavy (non-hydrogen) atoms. The Balaban J connectivity index is 2.38. The summed E-state index contributed by atoms with van der Waals surface area (Å²) in [5.41, 5.74) is 2.55. The molecule has 3 nitrogen and oxygen atoms in total. The molecule has 0 saturated carbocycles. The smallest absolute Gasteiger partial charge is 0.216 e. The quantitative estimate of drug-likeness (QED) is 0.811. The summed E-state index contributed by atoms with van der Waals surface area (Å²) in [5, 5.41) is 6.21. The predicted octanol–water partition coefficient (Wildman–Crippen LogP) is 3.46. The van der Waals surface area contributed by atoms with Crippen molar-refractivity contribution in [2.24, 2.45) is 0 Å². The second kappa shape index (κ2) is 7.46. The first kappa shape index (κ1) is 15.8. The minimum absolute atomic E-state index is 0.00787. The van der Waals surface area contributed by atoms with Gasteiger partial charge in [-0.1, -0.05) is 34.1 Å². The number of rotatable bonds is 6. The van der Waals surface area contributed by atoms with Gasteiger partial charge in [0.05, 0.1) is 7.11 Å². The number of nitrogens with one attached hydrogen (secondary N) is 1. The van der Waals surface area contributed by atoms with Gasteiger partial charge < -0.3 is 10.1 Å². The highest BCUT2D eigenvalue weighted by Crippen LogP contribution is 2.26. The van der Waals surface area contributed by atoms with E-state index in [0.29, 0.717) is 6.54 Å². The number of carbonyl (C=O) groups is 1. The molecule has 0 heterocycles. The Morgan fingerprint density at radius 3 is 2.71 bits per heavy atom. The van der Waals surface area contributed by atoms with E-state index in [9.17, 15) is 4.79 Å². The molecule has 2 rings (SSSR count). The molecular weight excluding hydrogens is 330 g/mol. The standard InChI is InChI=1S/C17H20BrNO2/c1-12(20)19-8-6-15-10-13(5-7-18)9-14-3-4-16(21-2)11-17(14)15/h3-4,9-11H,5-8H2,1-2H3,(H,19,20). The zero-order chi connectivity index (χ0) is 15.2. The van der Waals surface area contributed by atoms with Crippen molar-refractivity contribution in [3.8, 4) is 5.75 Å². The molecule has 112 valence electrons. The first-order valence-electron chi connectivity index (χ1n) is 7.04. The third-order valence-corrected chi connectivity index (χ3v) is 3.85. The molecule has 2 aromatic rings. The van der Waals surface area contributed by atoms with Gasteiger partial charge in [-0.3, -0.25) is 4.79 Å². The van der Waals surface area contributed by atoms with Crippen molar-refractivity contribution < 1.29 is 9.53 Å². The highest BCUT2D eigenvalue weighted by atomic mass is 79.9. The molecule has 0 aliphatic rings. The summed E-state index contributed by atoms with van der Waals surface area (Å²) in [6, 6.07) is 10.6. The van der Waals surface area contributed by atoms with Crippen LogP contribution < -0.4 is 10.1 Å². The van der Waals surface area contributed by atoms with Crippen LogP contribution in [0, 0.1) is 0 Å². The summed E-state index contributed by atoms with van der Waals surface area (Å²) in [5.74, 6) is 0.866. The monoisotopic (exact) mass is 349 g/mol. The Bertz CT molecular complexity index is 640. The minimum atomic E-state index is 0.00787. The molecule has 0 atom stereocenters. The van der Waals surface area contributed by atoms with E-state index in [1.165, 1.54) is 21.9 Å². The number of halogens is 1. The summed E-state index contributed by atoms with van der Waals surface area (Å²) >= 11 is 3.49. The van der Waals surface area contributed by atoms with Crippen LogP contribution in [0.3, 0.4) is 0 Å². The fourth-order valence-electron chi connectivity index (χ4n) is 2.44. The predicted molar refractivity (Wildman–Crippen MR) is 90.4 cm³/mol. The largest absolute Gasteiger partial charge is 0.497 e. The number of aryl methyl sites for hydroxylation is 1. The molecule has 0 fully saturated rings. The van der Waals surface area contributed by atoms with Gasteiger partial charge in [-0.25, -0.2) is 0 Å². The van der Waals surface area contributed by atoms with Gasteiger partial charge >= 0.3 is 0 Å². The van der Waals surface area contributed by atoms with E-state index in [1.54, 1.807) is 14.0 Å². The molecule has 0 unspecified atom stereocenters. The maximum absolute atomic E-state index is 11.0. The molecule has 2 aromatic carbocycles. The van der Waals surface area contributed by atoms with Crippen molar-refractivity contribution in [3.05, 3.63) is 41.5 Å². The fraction of sp³-hybridized carbons (Fsp3) is 0.353. The van der Waals surface area contributed by atoms with E-state index >= 15 is 0 Å². The van der Waals surface area contributed by atoms with Gasteiger partial charge in [0.25, 0.3) is 0 Å².